The summed E-state index contributed by atoms with van der Waals surface area (Å²) in [5.74, 6) is -0.0934. The molecule has 0 aliphatic heterocycles. The van der Waals surface area contributed by atoms with E-state index in [0.717, 1.165) is 15.7 Å². The lowest BCUT2D eigenvalue weighted by molar-refractivity contribution is -0.137. The number of hydrogen-bond donors (Lipinski definition) is 1. The Kier molecular flexibility index (Phi) is 5.63. The van der Waals surface area contributed by atoms with Crippen molar-refractivity contribution in [3.05, 3.63) is 64.3 Å². The molecule has 3 aromatic rings. The zero-order chi connectivity index (χ0) is 19.4. The van der Waals surface area contributed by atoms with Crippen molar-refractivity contribution in [2.45, 2.75) is 6.18 Å². The maximum absolute atomic E-state index is 13.0. The van der Waals surface area contributed by atoms with Crippen molar-refractivity contribution in [3.63, 3.8) is 0 Å². The minimum atomic E-state index is -4.54. The first-order valence-electron chi connectivity index (χ1n) is 7.58. The van der Waals surface area contributed by atoms with Crippen LogP contribution in [0.1, 0.15) is 5.56 Å². The molecule has 140 valence electrons. The Morgan fingerprint density at radius 3 is 2.67 bits per heavy atom. The molecule has 0 saturated carbocycles. The van der Waals surface area contributed by atoms with Crippen LogP contribution in [-0.2, 0) is 11.0 Å². The molecular weight excluding hydrogens is 476 g/mol. The van der Waals surface area contributed by atoms with Gasteiger partial charge in [0.2, 0.25) is 0 Å². The topological polar surface area (TPSA) is 69.0 Å². The predicted octanol–water partition coefficient (Wildman–Crippen LogP) is 3.91. The van der Waals surface area contributed by atoms with Gasteiger partial charge in [0.1, 0.15) is 18.4 Å². The van der Waals surface area contributed by atoms with E-state index in [1.54, 1.807) is 12.1 Å². The third kappa shape index (κ3) is 4.76. The summed E-state index contributed by atoms with van der Waals surface area (Å²) >= 11 is 2.06. The molecule has 0 fully saturated rings. The van der Waals surface area contributed by atoms with Gasteiger partial charge in [-0.2, -0.15) is 18.3 Å². The second-order valence-corrected chi connectivity index (χ2v) is 6.50. The quantitative estimate of drug-likeness (QED) is 0.554. The van der Waals surface area contributed by atoms with E-state index in [-0.39, 0.29) is 18.0 Å². The highest BCUT2D eigenvalue weighted by atomic mass is 127. The average molecular weight is 488 g/mol. The lowest BCUT2D eigenvalue weighted by atomic mass is 10.1. The molecule has 0 unspecified atom stereocenters. The normalized spacial score (nSPS) is 11.3. The first-order valence-corrected chi connectivity index (χ1v) is 8.66. The van der Waals surface area contributed by atoms with Gasteiger partial charge in [-0.25, -0.2) is 9.67 Å². The molecule has 27 heavy (non-hydrogen) atoms. The van der Waals surface area contributed by atoms with Crippen LogP contribution in [0.5, 0.6) is 5.75 Å². The Bertz CT molecular complexity index is 946. The minimum absolute atomic E-state index is 0.0494. The molecule has 0 radical (unpaired) electrons. The highest BCUT2D eigenvalue weighted by Gasteiger charge is 2.31. The standard InChI is InChI=1S/C17H12F3IN4O2/c18-17(19,20)11-5-6-14(25-10-22-9-23-25)13(7-11)24-16(26)8-27-15-4-2-1-3-12(15)21/h1-7,9-10H,8H2,(H,24,26). The van der Waals surface area contributed by atoms with Crippen LogP contribution < -0.4 is 10.1 Å². The monoisotopic (exact) mass is 488 g/mol. The number of nitrogens with one attached hydrogen (secondary N) is 1. The molecule has 2 aromatic carbocycles. The first kappa shape index (κ1) is 19.1. The Morgan fingerprint density at radius 1 is 1.22 bits per heavy atom. The third-order valence-corrected chi connectivity index (χ3v) is 4.35. The fraction of sp³-hybridized carbons (Fsp3) is 0.118. The predicted molar refractivity (Wildman–Crippen MR) is 99.6 cm³/mol. The molecule has 1 N–H and O–H groups in total. The number of rotatable bonds is 5. The fourth-order valence-corrected chi connectivity index (χ4v) is 2.78. The number of halogens is 4. The zero-order valence-corrected chi connectivity index (χ0v) is 15.7. The van der Waals surface area contributed by atoms with Crippen molar-refractivity contribution in [2.75, 3.05) is 11.9 Å². The Morgan fingerprint density at radius 2 is 2.00 bits per heavy atom. The second-order valence-electron chi connectivity index (χ2n) is 5.34. The molecule has 0 atom stereocenters. The van der Waals surface area contributed by atoms with Crippen LogP contribution >= 0.6 is 22.6 Å². The fourth-order valence-electron chi connectivity index (χ4n) is 2.24. The van der Waals surface area contributed by atoms with E-state index >= 15 is 0 Å². The van der Waals surface area contributed by atoms with Gasteiger partial charge in [0.25, 0.3) is 5.91 Å². The summed E-state index contributed by atoms with van der Waals surface area (Å²) in [6.45, 7) is -0.354. The number of ether oxygens (including phenoxy) is 1. The molecule has 0 aliphatic rings. The number of nitrogens with zero attached hydrogens (tertiary/aromatic N) is 3. The van der Waals surface area contributed by atoms with Gasteiger partial charge in [-0.05, 0) is 52.9 Å². The summed E-state index contributed by atoms with van der Waals surface area (Å²) in [5, 5.41) is 6.34. The molecule has 3 rings (SSSR count). The second kappa shape index (κ2) is 7.94. The number of carbonyl (C=O) groups excluding carboxylic acids is 1. The number of carbonyl (C=O) groups is 1. The van der Waals surface area contributed by atoms with Crippen LogP contribution in [0.15, 0.2) is 55.1 Å². The van der Waals surface area contributed by atoms with Gasteiger partial charge in [-0.15, -0.1) is 0 Å². The van der Waals surface area contributed by atoms with Crippen molar-refractivity contribution in [3.8, 4) is 11.4 Å². The molecule has 1 amide bonds. The van der Waals surface area contributed by atoms with Crippen LogP contribution in [0.25, 0.3) is 5.69 Å². The van der Waals surface area contributed by atoms with Crippen LogP contribution in [0.4, 0.5) is 18.9 Å². The van der Waals surface area contributed by atoms with Crippen LogP contribution in [0.2, 0.25) is 0 Å². The highest BCUT2D eigenvalue weighted by Crippen LogP contribution is 2.33. The summed E-state index contributed by atoms with van der Waals surface area (Å²) in [7, 11) is 0. The van der Waals surface area contributed by atoms with Gasteiger partial charge >= 0.3 is 6.18 Å². The van der Waals surface area contributed by atoms with E-state index in [2.05, 4.69) is 38.0 Å². The SMILES string of the molecule is O=C(COc1ccccc1I)Nc1cc(C(F)(F)F)ccc1-n1cncn1. The summed E-state index contributed by atoms with van der Waals surface area (Å²) in [6, 6.07) is 10.1. The summed E-state index contributed by atoms with van der Waals surface area (Å²) in [4.78, 5) is 16.0. The highest BCUT2D eigenvalue weighted by molar-refractivity contribution is 14.1. The molecule has 1 heterocycles. The van der Waals surface area contributed by atoms with Gasteiger partial charge in [-0.3, -0.25) is 4.79 Å². The Hall–Kier alpha value is -2.63. The molecule has 0 spiro atoms. The van der Waals surface area contributed by atoms with Crippen molar-refractivity contribution in [2.24, 2.45) is 0 Å². The zero-order valence-electron chi connectivity index (χ0n) is 13.6. The van der Waals surface area contributed by atoms with Crippen LogP contribution in [0.3, 0.4) is 0 Å². The third-order valence-electron chi connectivity index (χ3n) is 3.46. The summed E-state index contributed by atoms with van der Waals surface area (Å²) in [6.07, 6.45) is -1.98. The number of aromatic nitrogens is 3. The lowest BCUT2D eigenvalue weighted by Crippen LogP contribution is -2.22. The van der Waals surface area contributed by atoms with E-state index in [4.69, 9.17) is 4.74 Å². The van der Waals surface area contributed by atoms with E-state index in [0.29, 0.717) is 5.75 Å². The van der Waals surface area contributed by atoms with E-state index < -0.39 is 17.6 Å². The van der Waals surface area contributed by atoms with Gasteiger partial charge < -0.3 is 10.1 Å². The van der Waals surface area contributed by atoms with Crippen molar-refractivity contribution < 1.29 is 22.7 Å². The molecule has 0 aliphatic carbocycles. The van der Waals surface area contributed by atoms with E-state index in [9.17, 15) is 18.0 Å². The summed E-state index contributed by atoms with van der Waals surface area (Å²) in [5.41, 5.74) is -0.685. The molecule has 1 aromatic heterocycles. The number of para-hydroxylation sites is 1. The maximum Gasteiger partial charge on any atom is 0.416 e. The largest absolute Gasteiger partial charge is 0.483 e. The minimum Gasteiger partial charge on any atom is -0.483 e. The number of anilines is 1. The number of hydrogen-bond acceptors (Lipinski definition) is 4. The molecule has 10 heteroatoms. The Balaban J connectivity index is 1.81. The number of benzene rings is 2. The van der Waals surface area contributed by atoms with Gasteiger partial charge in [-0.1, -0.05) is 12.1 Å². The Labute approximate surface area is 165 Å². The van der Waals surface area contributed by atoms with Gasteiger partial charge in [0.05, 0.1) is 20.5 Å². The maximum atomic E-state index is 13.0. The number of amides is 1. The van der Waals surface area contributed by atoms with Crippen molar-refractivity contribution in [1.29, 1.82) is 0 Å². The average Bonchev–Trinajstić information content (AvgIpc) is 3.14. The van der Waals surface area contributed by atoms with Crippen LogP contribution in [-0.4, -0.2) is 27.3 Å². The van der Waals surface area contributed by atoms with Gasteiger partial charge in [0, 0.05) is 0 Å². The van der Waals surface area contributed by atoms with E-state index in [1.807, 2.05) is 12.1 Å². The number of alkyl halides is 3. The van der Waals surface area contributed by atoms with Crippen molar-refractivity contribution >= 4 is 34.2 Å². The molecule has 0 bridgehead atoms. The molecule has 6 nitrogen and oxygen atoms in total. The lowest BCUT2D eigenvalue weighted by Gasteiger charge is -2.15. The van der Waals surface area contributed by atoms with Crippen molar-refractivity contribution in [1.82, 2.24) is 14.8 Å². The van der Waals surface area contributed by atoms with Gasteiger partial charge in [0.15, 0.2) is 6.61 Å². The smallest absolute Gasteiger partial charge is 0.416 e. The van der Waals surface area contributed by atoms with Crippen LogP contribution in [0, 0.1) is 3.57 Å². The molecular formula is C17H12F3IN4O2. The summed E-state index contributed by atoms with van der Waals surface area (Å²) < 4.78 is 46.6. The van der Waals surface area contributed by atoms with E-state index in [1.165, 1.54) is 23.4 Å². The molecule has 0 saturated heterocycles. The first-order chi connectivity index (χ1) is 12.8.